The van der Waals surface area contributed by atoms with Crippen molar-refractivity contribution in [3.63, 3.8) is 0 Å². The summed E-state index contributed by atoms with van der Waals surface area (Å²) in [5.74, 6) is 0.300. The summed E-state index contributed by atoms with van der Waals surface area (Å²) in [7, 11) is 1.85. The summed E-state index contributed by atoms with van der Waals surface area (Å²) in [5, 5.41) is 14.3. The third-order valence-electron chi connectivity index (χ3n) is 4.26. The summed E-state index contributed by atoms with van der Waals surface area (Å²) in [6.45, 7) is 1.80. The van der Waals surface area contributed by atoms with Crippen molar-refractivity contribution < 1.29 is 9.32 Å². The van der Waals surface area contributed by atoms with Crippen molar-refractivity contribution >= 4 is 23.0 Å². The van der Waals surface area contributed by atoms with E-state index in [1.165, 1.54) is 0 Å². The van der Waals surface area contributed by atoms with Gasteiger partial charge in [-0.1, -0.05) is 41.6 Å². The minimum Gasteiger partial charge on any atom is -0.354 e. The first kappa shape index (κ1) is 17.5. The third-order valence-corrected chi connectivity index (χ3v) is 4.26. The molecule has 7 heteroatoms. The lowest BCUT2D eigenvalue weighted by Crippen LogP contribution is -2.13. The molecule has 4 aromatic rings. The van der Waals surface area contributed by atoms with Gasteiger partial charge in [-0.3, -0.25) is 9.48 Å². The van der Waals surface area contributed by atoms with Crippen molar-refractivity contribution in [3.05, 3.63) is 78.2 Å². The molecule has 2 N–H and O–H groups in total. The van der Waals surface area contributed by atoms with Gasteiger partial charge < -0.3 is 15.2 Å². The molecule has 0 unspecified atom stereocenters. The van der Waals surface area contributed by atoms with Crippen LogP contribution in [0.25, 0.3) is 11.3 Å². The van der Waals surface area contributed by atoms with E-state index in [9.17, 15) is 4.79 Å². The second-order valence-corrected chi connectivity index (χ2v) is 6.40. The van der Waals surface area contributed by atoms with Crippen LogP contribution in [-0.2, 0) is 7.05 Å². The zero-order valence-electron chi connectivity index (χ0n) is 15.5. The summed E-state index contributed by atoms with van der Waals surface area (Å²) in [6.07, 6.45) is 3.58. The zero-order valence-corrected chi connectivity index (χ0v) is 15.5. The minimum atomic E-state index is -0.238. The zero-order chi connectivity index (χ0) is 19.5. The highest BCUT2D eigenvalue weighted by molar-refractivity contribution is 6.06. The molecular formula is C21H19N5O2. The predicted octanol–water partition coefficient (Wildman–Crippen LogP) is 4.38. The molecule has 7 nitrogen and oxygen atoms in total. The van der Waals surface area contributed by atoms with Gasteiger partial charge in [0, 0.05) is 30.1 Å². The lowest BCUT2D eigenvalue weighted by Gasteiger charge is -2.08. The maximum absolute atomic E-state index is 12.8. The van der Waals surface area contributed by atoms with Gasteiger partial charge in [0.1, 0.15) is 11.4 Å². The highest BCUT2D eigenvalue weighted by Crippen LogP contribution is 2.31. The number of amides is 1. The van der Waals surface area contributed by atoms with Crippen LogP contribution in [0.5, 0.6) is 0 Å². The topological polar surface area (TPSA) is 85.0 Å². The minimum absolute atomic E-state index is 0.238. The summed E-state index contributed by atoms with van der Waals surface area (Å²) in [5.41, 5.74) is 4.21. The molecule has 2 heterocycles. The number of carbonyl (C=O) groups excluding carboxylic acids is 1. The van der Waals surface area contributed by atoms with Gasteiger partial charge in [-0.25, -0.2) is 0 Å². The standard InChI is InChI=1S/C21H19N5O2/c1-14-19(20(28-25-14)15-7-4-3-5-8-15)24-21(27)16-9-6-10-17(11-16)23-18-12-22-26(2)13-18/h3-13,23H,1-2H3,(H,24,27). The first-order chi connectivity index (χ1) is 13.6. The average Bonchev–Trinajstić information content (AvgIpc) is 3.28. The second-order valence-electron chi connectivity index (χ2n) is 6.40. The Morgan fingerprint density at radius 1 is 1.07 bits per heavy atom. The van der Waals surface area contributed by atoms with Gasteiger partial charge in [-0.05, 0) is 25.1 Å². The maximum Gasteiger partial charge on any atom is 0.255 e. The van der Waals surface area contributed by atoms with Crippen LogP contribution in [-0.4, -0.2) is 20.8 Å². The van der Waals surface area contributed by atoms with Gasteiger partial charge in [-0.15, -0.1) is 0 Å². The molecule has 2 aromatic carbocycles. The number of nitrogens with zero attached hydrogens (tertiary/aromatic N) is 3. The molecule has 0 saturated carbocycles. The van der Waals surface area contributed by atoms with Crippen molar-refractivity contribution in [2.24, 2.45) is 7.05 Å². The van der Waals surface area contributed by atoms with E-state index in [2.05, 4.69) is 20.9 Å². The fourth-order valence-corrected chi connectivity index (χ4v) is 2.88. The Hall–Kier alpha value is -3.87. The normalized spacial score (nSPS) is 10.6. The van der Waals surface area contributed by atoms with Crippen LogP contribution in [0.3, 0.4) is 0 Å². The van der Waals surface area contributed by atoms with E-state index in [0.29, 0.717) is 22.7 Å². The average molecular weight is 373 g/mol. The van der Waals surface area contributed by atoms with Crippen molar-refractivity contribution in [1.82, 2.24) is 14.9 Å². The molecule has 0 fully saturated rings. The van der Waals surface area contributed by atoms with Crippen LogP contribution in [0.4, 0.5) is 17.1 Å². The molecular weight excluding hydrogens is 354 g/mol. The molecule has 0 radical (unpaired) electrons. The van der Waals surface area contributed by atoms with E-state index >= 15 is 0 Å². The maximum atomic E-state index is 12.8. The largest absolute Gasteiger partial charge is 0.354 e. The highest BCUT2D eigenvalue weighted by atomic mass is 16.5. The van der Waals surface area contributed by atoms with Gasteiger partial charge in [0.25, 0.3) is 5.91 Å². The molecule has 0 aliphatic heterocycles. The molecule has 0 bridgehead atoms. The van der Waals surface area contributed by atoms with Gasteiger partial charge in [0.2, 0.25) is 0 Å². The van der Waals surface area contributed by atoms with Crippen LogP contribution in [0.15, 0.2) is 71.5 Å². The molecule has 0 aliphatic carbocycles. The molecule has 2 aromatic heterocycles. The molecule has 0 atom stereocenters. The summed E-state index contributed by atoms with van der Waals surface area (Å²) < 4.78 is 7.14. The van der Waals surface area contributed by atoms with E-state index in [1.807, 2.05) is 55.7 Å². The molecule has 1 amide bonds. The Labute approximate surface area is 162 Å². The number of aryl methyl sites for hydroxylation is 2. The van der Waals surface area contributed by atoms with E-state index in [0.717, 1.165) is 16.9 Å². The van der Waals surface area contributed by atoms with Crippen molar-refractivity contribution in [2.75, 3.05) is 10.6 Å². The molecule has 0 spiro atoms. The van der Waals surface area contributed by atoms with Crippen molar-refractivity contribution in [1.29, 1.82) is 0 Å². The van der Waals surface area contributed by atoms with Crippen LogP contribution < -0.4 is 10.6 Å². The Morgan fingerprint density at radius 3 is 2.64 bits per heavy atom. The number of nitrogens with one attached hydrogen (secondary N) is 2. The summed E-state index contributed by atoms with van der Waals surface area (Å²) >= 11 is 0. The quantitative estimate of drug-likeness (QED) is 0.542. The number of hydrogen-bond acceptors (Lipinski definition) is 5. The van der Waals surface area contributed by atoms with Gasteiger partial charge in [0.05, 0.1) is 11.9 Å². The van der Waals surface area contributed by atoms with Crippen LogP contribution in [0.2, 0.25) is 0 Å². The van der Waals surface area contributed by atoms with Gasteiger partial charge in [0.15, 0.2) is 5.76 Å². The summed E-state index contributed by atoms with van der Waals surface area (Å²) in [6, 6.07) is 16.8. The molecule has 4 rings (SSSR count). The highest BCUT2D eigenvalue weighted by Gasteiger charge is 2.18. The monoisotopic (exact) mass is 373 g/mol. The number of benzene rings is 2. The Kier molecular flexibility index (Phi) is 4.63. The SMILES string of the molecule is Cc1noc(-c2ccccc2)c1NC(=O)c1cccc(Nc2cnn(C)c2)c1. The lowest BCUT2D eigenvalue weighted by molar-refractivity contribution is 0.102. The predicted molar refractivity (Wildman–Crippen MR) is 108 cm³/mol. The first-order valence-corrected chi connectivity index (χ1v) is 8.79. The Balaban J connectivity index is 1.56. The van der Waals surface area contributed by atoms with E-state index < -0.39 is 0 Å². The Morgan fingerprint density at radius 2 is 1.89 bits per heavy atom. The second kappa shape index (κ2) is 7.40. The van der Waals surface area contributed by atoms with Crippen LogP contribution >= 0.6 is 0 Å². The first-order valence-electron chi connectivity index (χ1n) is 8.79. The van der Waals surface area contributed by atoms with Crippen molar-refractivity contribution in [3.8, 4) is 11.3 Å². The number of aromatic nitrogens is 3. The lowest BCUT2D eigenvalue weighted by atomic mass is 10.1. The fourth-order valence-electron chi connectivity index (χ4n) is 2.88. The van der Waals surface area contributed by atoms with E-state index in [1.54, 1.807) is 29.9 Å². The fraction of sp³-hybridized carbons (Fsp3) is 0.0952. The van der Waals surface area contributed by atoms with Gasteiger partial charge >= 0.3 is 0 Å². The van der Waals surface area contributed by atoms with Crippen LogP contribution in [0, 0.1) is 6.92 Å². The molecule has 140 valence electrons. The number of carbonyl (C=O) groups is 1. The van der Waals surface area contributed by atoms with Gasteiger partial charge in [-0.2, -0.15) is 5.10 Å². The van der Waals surface area contributed by atoms with E-state index in [4.69, 9.17) is 4.52 Å². The number of anilines is 3. The molecule has 28 heavy (non-hydrogen) atoms. The van der Waals surface area contributed by atoms with Crippen molar-refractivity contribution in [2.45, 2.75) is 6.92 Å². The molecule has 0 saturated heterocycles. The summed E-state index contributed by atoms with van der Waals surface area (Å²) in [4.78, 5) is 12.8. The Bertz CT molecular complexity index is 1110. The van der Waals surface area contributed by atoms with Crippen LogP contribution in [0.1, 0.15) is 16.1 Å². The number of rotatable bonds is 5. The molecule has 0 aliphatic rings. The van der Waals surface area contributed by atoms with E-state index in [-0.39, 0.29) is 5.91 Å². The third kappa shape index (κ3) is 3.64. The number of hydrogen-bond donors (Lipinski definition) is 2. The smallest absolute Gasteiger partial charge is 0.255 e.